The summed E-state index contributed by atoms with van der Waals surface area (Å²) in [5.41, 5.74) is 2.44. The van der Waals surface area contributed by atoms with Crippen molar-refractivity contribution >= 4 is 0 Å². The Morgan fingerprint density at radius 1 is 1.29 bits per heavy atom. The third kappa shape index (κ3) is 4.72. The van der Waals surface area contributed by atoms with E-state index in [-0.39, 0.29) is 0 Å². The zero-order chi connectivity index (χ0) is 15.1. The zero-order valence-electron chi connectivity index (χ0n) is 13.7. The van der Waals surface area contributed by atoms with Crippen LogP contribution in [0.1, 0.15) is 56.7 Å². The summed E-state index contributed by atoms with van der Waals surface area (Å²) in [7, 11) is 1.98. The van der Waals surface area contributed by atoms with Crippen molar-refractivity contribution in [3.05, 3.63) is 29.3 Å². The second-order valence-electron chi connectivity index (χ2n) is 5.98. The first kappa shape index (κ1) is 16.3. The average molecular weight is 291 g/mol. The Bertz CT molecular complexity index is 427. The van der Waals surface area contributed by atoms with Gasteiger partial charge in [-0.25, -0.2) is 0 Å². The molecule has 1 aromatic rings. The normalized spacial score (nSPS) is 17.1. The maximum Gasteiger partial charge on any atom is 0.124 e. The number of benzene rings is 1. The summed E-state index contributed by atoms with van der Waals surface area (Å²) >= 11 is 0. The van der Waals surface area contributed by atoms with Gasteiger partial charge in [-0.2, -0.15) is 0 Å². The van der Waals surface area contributed by atoms with Crippen LogP contribution < -0.4 is 10.1 Å². The van der Waals surface area contributed by atoms with E-state index in [4.69, 9.17) is 9.47 Å². The van der Waals surface area contributed by atoms with Gasteiger partial charge in [-0.1, -0.05) is 18.9 Å². The molecule has 3 heteroatoms. The quantitative estimate of drug-likeness (QED) is 0.783. The molecule has 1 aliphatic rings. The molecule has 1 saturated carbocycles. The largest absolute Gasteiger partial charge is 0.494 e. The highest BCUT2D eigenvalue weighted by molar-refractivity contribution is 5.38. The van der Waals surface area contributed by atoms with Crippen molar-refractivity contribution in [2.75, 3.05) is 20.3 Å². The summed E-state index contributed by atoms with van der Waals surface area (Å²) in [5, 5.41) is 3.28. The van der Waals surface area contributed by atoms with Crippen LogP contribution in [0, 0.1) is 5.92 Å². The molecule has 1 fully saturated rings. The summed E-state index contributed by atoms with van der Waals surface area (Å²) in [4.78, 5) is 0. The number of hydrogen-bond acceptors (Lipinski definition) is 3. The molecule has 1 aliphatic carbocycles. The van der Waals surface area contributed by atoms with Crippen LogP contribution in [0.25, 0.3) is 0 Å². The fraction of sp³-hybridized carbons (Fsp3) is 0.667. The summed E-state index contributed by atoms with van der Waals surface area (Å²) < 4.78 is 11.7. The standard InChI is InChI=1S/C18H29NO2/c1-4-21-18-10-9-16(14(2)19-3)11-17(18)13-20-12-15-7-5-6-8-15/h9-11,14-15,19H,4-8,12-13H2,1-3H3. The first-order valence-corrected chi connectivity index (χ1v) is 8.25. The molecule has 0 bridgehead atoms. The van der Waals surface area contributed by atoms with E-state index in [0.717, 1.165) is 23.8 Å². The molecule has 118 valence electrons. The van der Waals surface area contributed by atoms with Gasteiger partial charge in [0.25, 0.3) is 0 Å². The lowest BCUT2D eigenvalue weighted by Gasteiger charge is -2.17. The third-order valence-electron chi connectivity index (χ3n) is 4.40. The monoisotopic (exact) mass is 291 g/mol. The Balaban J connectivity index is 1.99. The topological polar surface area (TPSA) is 30.5 Å². The highest BCUT2D eigenvalue weighted by Crippen LogP contribution is 2.27. The third-order valence-corrected chi connectivity index (χ3v) is 4.40. The van der Waals surface area contributed by atoms with Crippen LogP contribution in [0.2, 0.25) is 0 Å². The fourth-order valence-corrected chi connectivity index (χ4v) is 2.96. The molecule has 0 amide bonds. The van der Waals surface area contributed by atoms with Crippen molar-refractivity contribution in [1.82, 2.24) is 5.32 Å². The van der Waals surface area contributed by atoms with E-state index >= 15 is 0 Å². The van der Waals surface area contributed by atoms with Crippen LogP contribution >= 0.6 is 0 Å². The van der Waals surface area contributed by atoms with Crippen LogP contribution in [0.15, 0.2) is 18.2 Å². The van der Waals surface area contributed by atoms with Gasteiger partial charge in [0.05, 0.1) is 13.2 Å². The Hall–Kier alpha value is -1.06. The molecule has 0 aromatic heterocycles. The van der Waals surface area contributed by atoms with Gasteiger partial charge in [0, 0.05) is 18.2 Å². The van der Waals surface area contributed by atoms with E-state index in [1.54, 1.807) is 0 Å². The van der Waals surface area contributed by atoms with E-state index < -0.39 is 0 Å². The zero-order valence-corrected chi connectivity index (χ0v) is 13.7. The van der Waals surface area contributed by atoms with Gasteiger partial charge in [0.1, 0.15) is 5.75 Å². The van der Waals surface area contributed by atoms with Crippen molar-refractivity contribution in [3.63, 3.8) is 0 Å². The average Bonchev–Trinajstić information content (AvgIpc) is 3.01. The van der Waals surface area contributed by atoms with Gasteiger partial charge in [0.15, 0.2) is 0 Å². The minimum absolute atomic E-state index is 0.342. The van der Waals surface area contributed by atoms with Crippen LogP contribution in [-0.2, 0) is 11.3 Å². The first-order valence-electron chi connectivity index (χ1n) is 8.25. The van der Waals surface area contributed by atoms with E-state index in [9.17, 15) is 0 Å². The summed E-state index contributed by atoms with van der Waals surface area (Å²) in [6.07, 6.45) is 5.39. The van der Waals surface area contributed by atoms with Crippen molar-refractivity contribution in [2.24, 2.45) is 5.92 Å². The van der Waals surface area contributed by atoms with Crippen molar-refractivity contribution < 1.29 is 9.47 Å². The van der Waals surface area contributed by atoms with Gasteiger partial charge >= 0.3 is 0 Å². The van der Waals surface area contributed by atoms with Gasteiger partial charge in [-0.05, 0) is 57.4 Å². The smallest absolute Gasteiger partial charge is 0.124 e. The van der Waals surface area contributed by atoms with E-state index in [0.29, 0.717) is 19.3 Å². The van der Waals surface area contributed by atoms with Crippen molar-refractivity contribution in [1.29, 1.82) is 0 Å². The van der Waals surface area contributed by atoms with Crippen molar-refractivity contribution in [2.45, 2.75) is 52.2 Å². The molecule has 21 heavy (non-hydrogen) atoms. The Labute approximate surface area is 129 Å². The summed E-state index contributed by atoms with van der Waals surface area (Å²) in [6, 6.07) is 6.75. The van der Waals surface area contributed by atoms with E-state index in [1.807, 2.05) is 14.0 Å². The molecule has 0 heterocycles. The molecule has 0 saturated heterocycles. The van der Waals surface area contributed by atoms with Crippen LogP contribution in [0.4, 0.5) is 0 Å². The Morgan fingerprint density at radius 3 is 2.71 bits per heavy atom. The molecule has 3 nitrogen and oxygen atoms in total. The second-order valence-corrected chi connectivity index (χ2v) is 5.98. The lowest BCUT2D eigenvalue weighted by atomic mass is 10.0. The van der Waals surface area contributed by atoms with Crippen LogP contribution in [0.3, 0.4) is 0 Å². The van der Waals surface area contributed by atoms with Gasteiger partial charge in [-0.15, -0.1) is 0 Å². The molecule has 0 aliphatic heterocycles. The number of ether oxygens (including phenoxy) is 2. The minimum atomic E-state index is 0.342. The first-order chi connectivity index (χ1) is 10.2. The number of nitrogens with one attached hydrogen (secondary N) is 1. The maximum atomic E-state index is 5.96. The van der Waals surface area contributed by atoms with Crippen molar-refractivity contribution in [3.8, 4) is 5.75 Å². The molecule has 1 aromatic carbocycles. The molecule has 2 rings (SSSR count). The Kier molecular flexibility index (Phi) is 6.52. The lowest BCUT2D eigenvalue weighted by Crippen LogP contribution is -2.13. The summed E-state index contributed by atoms with van der Waals surface area (Å²) in [6.45, 7) is 6.41. The fourth-order valence-electron chi connectivity index (χ4n) is 2.96. The van der Waals surface area contributed by atoms with E-state index in [1.165, 1.54) is 31.2 Å². The molecule has 0 spiro atoms. The van der Waals surface area contributed by atoms with Crippen LogP contribution in [0.5, 0.6) is 5.75 Å². The molecule has 0 radical (unpaired) electrons. The summed E-state index contributed by atoms with van der Waals surface area (Å²) in [5.74, 6) is 1.72. The van der Waals surface area contributed by atoms with E-state index in [2.05, 4.69) is 30.4 Å². The maximum absolute atomic E-state index is 5.96. The molecular formula is C18H29NO2. The lowest BCUT2D eigenvalue weighted by molar-refractivity contribution is 0.0870. The SMILES string of the molecule is CCOc1ccc(C(C)NC)cc1COCC1CCCC1. The highest BCUT2D eigenvalue weighted by atomic mass is 16.5. The van der Waals surface area contributed by atoms with Crippen LogP contribution in [-0.4, -0.2) is 20.3 Å². The number of rotatable bonds is 8. The molecular weight excluding hydrogens is 262 g/mol. The number of hydrogen-bond donors (Lipinski definition) is 1. The Morgan fingerprint density at radius 2 is 2.05 bits per heavy atom. The van der Waals surface area contributed by atoms with Gasteiger partial charge < -0.3 is 14.8 Å². The predicted octanol–water partition coefficient (Wildman–Crippen LogP) is 4.07. The molecule has 1 unspecified atom stereocenters. The second kappa shape index (κ2) is 8.40. The van der Waals surface area contributed by atoms with Gasteiger partial charge in [0.2, 0.25) is 0 Å². The van der Waals surface area contributed by atoms with Gasteiger partial charge in [-0.3, -0.25) is 0 Å². The minimum Gasteiger partial charge on any atom is -0.494 e. The molecule has 1 atom stereocenters. The predicted molar refractivity (Wildman–Crippen MR) is 86.7 cm³/mol. The highest BCUT2D eigenvalue weighted by Gasteiger charge is 2.15. The molecule has 1 N–H and O–H groups in total.